The minimum atomic E-state index is -3.01. The highest BCUT2D eigenvalue weighted by atomic mass is 79.9. The van der Waals surface area contributed by atoms with E-state index in [1.807, 2.05) is 0 Å². The summed E-state index contributed by atoms with van der Waals surface area (Å²) in [6.07, 6.45) is 1.87. The van der Waals surface area contributed by atoms with Crippen molar-refractivity contribution in [1.82, 2.24) is 0 Å². The fourth-order valence-corrected chi connectivity index (χ4v) is 3.24. The molecule has 0 fully saturated rings. The van der Waals surface area contributed by atoms with Crippen molar-refractivity contribution in [2.45, 2.75) is 19.1 Å². The summed E-state index contributed by atoms with van der Waals surface area (Å²) >= 11 is 9.27. The zero-order chi connectivity index (χ0) is 19.3. The number of hydrogen-bond donors (Lipinski definition) is 1. The second kappa shape index (κ2) is 8.95. The lowest BCUT2D eigenvalue weighted by Gasteiger charge is -2.23. The summed E-state index contributed by atoms with van der Waals surface area (Å²) in [5.41, 5.74) is 0.363. The quantitative estimate of drug-likeness (QED) is 0.291. The van der Waals surface area contributed by atoms with Crippen LogP contribution in [0.1, 0.15) is 18.0 Å². The molecule has 5 nitrogen and oxygen atoms in total. The number of nitro groups is 1. The maximum absolute atomic E-state index is 12.7. The number of anilines is 1. The van der Waals surface area contributed by atoms with Crippen LogP contribution in [-0.4, -0.2) is 11.5 Å². The summed E-state index contributed by atoms with van der Waals surface area (Å²) < 4.78 is 30.6. The molecule has 0 unspecified atom stereocenters. The first-order valence-corrected chi connectivity index (χ1v) is 8.55. The molecule has 1 N–H and O–H groups in total. The topological polar surface area (TPSA) is 64.4 Å². The van der Waals surface area contributed by atoms with Gasteiger partial charge in [-0.05, 0) is 30.7 Å². The van der Waals surface area contributed by atoms with Gasteiger partial charge in [-0.15, -0.1) is 6.58 Å². The average molecular weight is 448 g/mol. The number of benzene rings is 2. The molecule has 2 aromatic rings. The number of ether oxygens (including phenoxy) is 1. The fourth-order valence-electron chi connectivity index (χ4n) is 2.44. The fraction of sp³-hybridized carbons (Fsp3) is 0.176. The van der Waals surface area contributed by atoms with Crippen molar-refractivity contribution in [3.63, 3.8) is 0 Å². The van der Waals surface area contributed by atoms with Crippen LogP contribution in [0.25, 0.3) is 0 Å². The average Bonchev–Trinajstić information content (AvgIpc) is 2.54. The zero-order valence-electron chi connectivity index (χ0n) is 13.3. The second-order valence-electron chi connectivity index (χ2n) is 5.17. The lowest BCUT2D eigenvalue weighted by molar-refractivity contribution is -0.384. The third-order valence-electron chi connectivity index (χ3n) is 3.46. The largest absolute Gasteiger partial charge is 0.434 e. The molecule has 138 valence electrons. The molecule has 0 spiro atoms. The molecular weight excluding hydrogens is 434 g/mol. The van der Waals surface area contributed by atoms with E-state index in [9.17, 15) is 18.9 Å². The Morgan fingerprint density at radius 2 is 2.12 bits per heavy atom. The number of halogens is 4. The highest BCUT2D eigenvalue weighted by Gasteiger charge is 2.23. The number of alkyl halides is 2. The number of hydrogen-bond acceptors (Lipinski definition) is 4. The van der Waals surface area contributed by atoms with Crippen molar-refractivity contribution >= 4 is 38.9 Å². The molecule has 0 bridgehead atoms. The highest BCUT2D eigenvalue weighted by Crippen LogP contribution is 2.39. The van der Waals surface area contributed by atoms with E-state index in [1.165, 1.54) is 24.3 Å². The van der Waals surface area contributed by atoms with Crippen molar-refractivity contribution in [2.75, 3.05) is 5.32 Å². The van der Waals surface area contributed by atoms with Gasteiger partial charge < -0.3 is 10.1 Å². The Morgan fingerprint density at radius 1 is 1.38 bits per heavy atom. The van der Waals surface area contributed by atoms with Crippen LogP contribution in [0.2, 0.25) is 5.02 Å². The van der Waals surface area contributed by atoms with Gasteiger partial charge in [0.2, 0.25) is 0 Å². The first kappa shape index (κ1) is 20.1. The van der Waals surface area contributed by atoms with Gasteiger partial charge in [-0.2, -0.15) is 8.78 Å². The van der Waals surface area contributed by atoms with Crippen LogP contribution in [0.3, 0.4) is 0 Å². The van der Waals surface area contributed by atoms with Gasteiger partial charge in [0.15, 0.2) is 0 Å². The molecule has 0 aromatic heterocycles. The number of nitrogens with one attached hydrogen (secondary N) is 1. The van der Waals surface area contributed by atoms with Crippen molar-refractivity contribution in [2.24, 2.45) is 0 Å². The standard InChI is InChI=1S/C17H14BrClF2N2O3/c1-2-4-12(16-11(18)5-3-6-15(16)26-17(20)21)22-13-9-10(19)7-8-14(13)23(24)25/h2-3,5-9,12,17,22H,1,4H2/t12-/m1/s1. The van der Waals surface area contributed by atoms with Crippen LogP contribution in [0.5, 0.6) is 5.75 Å². The highest BCUT2D eigenvalue weighted by molar-refractivity contribution is 9.10. The molecule has 0 aliphatic carbocycles. The molecule has 2 rings (SSSR count). The van der Waals surface area contributed by atoms with E-state index in [4.69, 9.17) is 11.6 Å². The molecule has 0 aliphatic heterocycles. The Morgan fingerprint density at radius 3 is 2.73 bits per heavy atom. The first-order chi connectivity index (χ1) is 12.3. The Labute approximate surface area is 161 Å². The number of nitrogens with zero attached hydrogens (tertiary/aromatic N) is 1. The smallest absolute Gasteiger partial charge is 0.387 e. The summed E-state index contributed by atoms with van der Waals surface area (Å²) in [6, 6.07) is 8.07. The minimum absolute atomic E-state index is 0.0431. The van der Waals surface area contributed by atoms with Crippen LogP contribution in [0.15, 0.2) is 53.5 Å². The maximum Gasteiger partial charge on any atom is 0.387 e. The van der Waals surface area contributed by atoms with E-state index in [0.29, 0.717) is 21.5 Å². The third-order valence-corrected chi connectivity index (χ3v) is 4.39. The summed E-state index contributed by atoms with van der Waals surface area (Å²) in [5, 5.41) is 14.5. The molecule has 0 saturated heterocycles. The first-order valence-electron chi connectivity index (χ1n) is 7.38. The Bertz CT molecular complexity index is 821. The van der Waals surface area contributed by atoms with Gasteiger partial charge in [0.05, 0.1) is 11.0 Å². The minimum Gasteiger partial charge on any atom is -0.434 e. The van der Waals surface area contributed by atoms with Gasteiger partial charge in [0, 0.05) is 21.1 Å². The SMILES string of the molecule is C=CC[C@@H](Nc1cc(Cl)ccc1[N+](=O)[O-])c1c(Br)cccc1OC(F)F. The van der Waals surface area contributed by atoms with E-state index in [0.717, 1.165) is 0 Å². The van der Waals surface area contributed by atoms with Crippen molar-refractivity contribution in [1.29, 1.82) is 0 Å². The normalized spacial score (nSPS) is 11.9. The monoisotopic (exact) mass is 446 g/mol. The van der Waals surface area contributed by atoms with Crippen molar-refractivity contribution < 1.29 is 18.4 Å². The summed E-state index contributed by atoms with van der Waals surface area (Å²) in [6.45, 7) is 0.652. The van der Waals surface area contributed by atoms with Crippen LogP contribution in [0, 0.1) is 10.1 Å². The molecule has 2 aromatic carbocycles. The number of nitro benzene ring substituents is 1. The van der Waals surface area contributed by atoms with Crippen LogP contribution in [-0.2, 0) is 0 Å². The lowest BCUT2D eigenvalue weighted by atomic mass is 10.0. The Kier molecular flexibility index (Phi) is 6.93. The van der Waals surface area contributed by atoms with Crippen LogP contribution >= 0.6 is 27.5 Å². The van der Waals surface area contributed by atoms with Crippen LogP contribution < -0.4 is 10.1 Å². The van der Waals surface area contributed by atoms with E-state index < -0.39 is 17.6 Å². The predicted octanol–water partition coefficient (Wildman–Crippen LogP) is 6.34. The van der Waals surface area contributed by atoms with Crippen molar-refractivity contribution in [3.8, 4) is 5.75 Å². The van der Waals surface area contributed by atoms with E-state index in [-0.39, 0.29) is 17.1 Å². The molecule has 1 atom stereocenters. The summed E-state index contributed by atoms with van der Waals surface area (Å²) in [7, 11) is 0. The molecule has 0 saturated carbocycles. The zero-order valence-corrected chi connectivity index (χ0v) is 15.6. The predicted molar refractivity (Wildman–Crippen MR) is 100 cm³/mol. The molecule has 0 amide bonds. The Balaban J connectivity index is 2.50. The molecule has 9 heteroatoms. The Hall–Kier alpha value is -2.19. The van der Waals surface area contributed by atoms with Gasteiger partial charge in [-0.25, -0.2) is 0 Å². The summed E-state index contributed by atoms with van der Waals surface area (Å²) in [4.78, 5) is 10.7. The summed E-state index contributed by atoms with van der Waals surface area (Å²) in [5.74, 6) is -0.0431. The van der Waals surface area contributed by atoms with E-state index in [2.05, 4.69) is 32.6 Å². The lowest BCUT2D eigenvalue weighted by Crippen LogP contribution is -2.15. The van der Waals surface area contributed by atoms with Gasteiger partial charge in [-0.1, -0.05) is 39.7 Å². The molecule has 0 radical (unpaired) electrons. The van der Waals surface area contributed by atoms with Gasteiger partial charge in [0.1, 0.15) is 11.4 Å². The third kappa shape index (κ3) is 4.92. The molecular formula is C17H14BrClF2N2O3. The van der Waals surface area contributed by atoms with Gasteiger partial charge in [-0.3, -0.25) is 10.1 Å². The van der Waals surface area contributed by atoms with Gasteiger partial charge in [0.25, 0.3) is 5.69 Å². The van der Waals surface area contributed by atoms with Gasteiger partial charge >= 0.3 is 6.61 Å². The molecule has 0 aliphatic rings. The van der Waals surface area contributed by atoms with E-state index >= 15 is 0 Å². The second-order valence-corrected chi connectivity index (χ2v) is 6.46. The van der Waals surface area contributed by atoms with Crippen LogP contribution in [0.4, 0.5) is 20.2 Å². The maximum atomic E-state index is 12.7. The molecule has 0 heterocycles. The number of rotatable bonds is 8. The van der Waals surface area contributed by atoms with Crippen molar-refractivity contribution in [3.05, 3.63) is 74.2 Å². The van der Waals surface area contributed by atoms with E-state index in [1.54, 1.807) is 18.2 Å². The molecule has 26 heavy (non-hydrogen) atoms.